The summed E-state index contributed by atoms with van der Waals surface area (Å²) in [5, 5.41) is 11.3. The smallest absolute Gasteiger partial charge is 0.277 e. The van der Waals surface area contributed by atoms with Crippen LogP contribution in [0.2, 0.25) is 5.02 Å². The van der Waals surface area contributed by atoms with Crippen molar-refractivity contribution in [2.45, 2.75) is 31.2 Å². The van der Waals surface area contributed by atoms with E-state index in [2.05, 4.69) is 15.5 Å². The fourth-order valence-corrected chi connectivity index (χ4v) is 3.01. The van der Waals surface area contributed by atoms with Crippen LogP contribution in [0.15, 0.2) is 44.6 Å². The molecule has 2 aromatic heterocycles. The van der Waals surface area contributed by atoms with Gasteiger partial charge in [-0.2, -0.15) is 0 Å². The van der Waals surface area contributed by atoms with Gasteiger partial charge in [-0.3, -0.25) is 4.79 Å². The lowest BCUT2D eigenvalue weighted by atomic mass is 10.2. The molecule has 0 aliphatic rings. The number of aromatic nitrogens is 2. The van der Waals surface area contributed by atoms with Crippen LogP contribution in [-0.2, 0) is 4.79 Å². The Morgan fingerprint density at radius 1 is 1.28 bits per heavy atom. The Bertz CT molecular complexity index is 906. The van der Waals surface area contributed by atoms with Gasteiger partial charge in [0.15, 0.2) is 0 Å². The lowest BCUT2D eigenvalue weighted by molar-refractivity contribution is -0.115. The molecule has 1 aromatic carbocycles. The normalized spacial score (nSPS) is 12.2. The average Bonchev–Trinajstić information content (AvgIpc) is 3.20. The van der Waals surface area contributed by atoms with Crippen LogP contribution in [0.4, 0.5) is 5.69 Å². The topological polar surface area (TPSA) is 81.2 Å². The third-order valence-electron chi connectivity index (χ3n) is 3.67. The number of nitrogens with zero attached hydrogens (tertiary/aromatic N) is 2. The molecule has 1 N–H and O–H groups in total. The van der Waals surface area contributed by atoms with E-state index in [1.54, 1.807) is 31.4 Å². The van der Waals surface area contributed by atoms with E-state index in [9.17, 15) is 4.79 Å². The van der Waals surface area contributed by atoms with E-state index < -0.39 is 5.25 Å². The van der Waals surface area contributed by atoms with Gasteiger partial charge >= 0.3 is 0 Å². The molecule has 0 fully saturated rings. The first-order valence-corrected chi connectivity index (χ1v) is 8.82. The number of rotatable bonds is 5. The number of carbonyl (C=O) groups is 1. The van der Waals surface area contributed by atoms with Crippen LogP contribution >= 0.6 is 23.4 Å². The van der Waals surface area contributed by atoms with Gasteiger partial charge in [0.1, 0.15) is 5.76 Å². The zero-order chi connectivity index (χ0) is 18.0. The lowest BCUT2D eigenvalue weighted by Crippen LogP contribution is -2.22. The Morgan fingerprint density at radius 2 is 2.08 bits per heavy atom. The molecule has 8 heteroatoms. The van der Waals surface area contributed by atoms with Gasteiger partial charge in [0.05, 0.1) is 17.1 Å². The summed E-state index contributed by atoms with van der Waals surface area (Å²) in [7, 11) is 0. The fraction of sp³-hybridized carbons (Fsp3) is 0.235. The molecule has 25 heavy (non-hydrogen) atoms. The quantitative estimate of drug-likeness (QED) is 0.648. The summed E-state index contributed by atoms with van der Waals surface area (Å²) in [6.07, 6.45) is 1.56. The number of nitrogens with one attached hydrogen (secondary N) is 1. The largest absolute Gasteiger partial charge is 0.469 e. The van der Waals surface area contributed by atoms with Crippen LogP contribution in [0.5, 0.6) is 0 Å². The van der Waals surface area contributed by atoms with Crippen LogP contribution in [0.25, 0.3) is 11.5 Å². The zero-order valence-electron chi connectivity index (χ0n) is 13.9. The number of anilines is 1. The lowest BCUT2D eigenvalue weighted by Gasteiger charge is -2.12. The van der Waals surface area contributed by atoms with Gasteiger partial charge in [-0.15, -0.1) is 10.2 Å². The standard InChI is InChI=1S/C17H16ClN3O3S/c1-9-13(18)5-4-6-14(9)19-15(22)11(3)25-17-21-20-16(24-17)12-7-8-23-10(12)2/h4-8,11H,1-3H3,(H,19,22)/t11-/m0/s1. The molecule has 0 bridgehead atoms. The highest BCUT2D eigenvalue weighted by Crippen LogP contribution is 2.29. The summed E-state index contributed by atoms with van der Waals surface area (Å²) in [5.74, 6) is 0.893. The Kier molecular flexibility index (Phi) is 5.15. The van der Waals surface area contributed by atoms with E-state index >= 15 is 0 Å². The maximum Gasteiger partial charge on any atom is 0.277 e. The number of carbonyl (C=O) groups excluding carboxylic acids is 1. The fourth-order valence-electron chi connectivity index (χ4n) is 2.16. The van der Waals surface area contributed by atoms with E-state index in [1.165, 1.54) is 11.8 Å². The van der Waals surface area contributed by atoms with Crippen LogP contribution in [0.3, 0.4) is 0 Å². The molecule has 0 saturated heterocycles. The number of amides is 1. The van der Waals surface area contributed by atoms with Gasteiger partial charge in [0.25, 0.3) is 11.1 Å². The van der Waals surface area contributed by atoms with Crippen LogP contribution in [-0.4, -0.2) is 21.4 Å². The minimum absolute atomic E-state index is 0.172. The molecule has 1 amide bonds. The number of thioether (sulfide) groups is 1. The minimum atomic E-state index is -0.419. The number of hydrogen-bond acceptors (Lipinski definition) is 6. The summed E-state index contributed by atoms with van der Waals surface area (Å²) < 4.78 is 10.8. The second-order valence-corrected chi connectivity index (χ2v) is 7.12. The van der Waals surface area contributed by atoms with Gasteiger partial charge in [-0.1, -0.05) is 29.4 Å². The molecule has 1 atom stereocenters. The Morgan fingerprint density at radius 3 is 2.80 bits per heavy atom. The van der Waals surface area contributed by atoms with Crippen LogP contribution in [0, 0.1) is 13.8 Å². The van der Waals surface area contributed by atoms with E-state index in [0.29, 0.717) is 27.6 Å². The van der Waals surface area contributed by atoms with E-state index in [-0.39, 0.29) is 5.91 Å². The highest BCUT2D eigenvalue weighted by Gasteiger charge is 2.20. The second-order valence-electron chi connectivity index (χ2n) is 5.43. The summed E-state index contributed by atoms with van der Waals surface area (Å²) >= 11 is 7.26. The van der Waals surface area contributed by atoms with Crippen molar-refractivity contribution in [1.82, 2.24) is 10.2 Å². The van der Waals surface area contributed by atoms with Crippen molar-refractivity contribution >= 4 is 35.0 Å². The average molecular weight is 378 g/mol. The predicted octanol–water partition coefficient (Wildman–Crippen LogP) is 4.72. The third-order valence-corrected chi connectivity index (χ3v) is 5.01. The Balaban J connectivity index is 1.67. The first-order valence-electron chi connectivity index (χ1n) is 7.56. The van der Waals surface area contributed by atoms with E-state index in [1.807, 2.05) is 19.9 Å². The highest BCUT2D eigenvalue weighted by molar-refractivity contribution is 8.00. The van der Waals surface area contributed by atoms with Gasteiger partial charge in [-0.25, -0.2) is 0 Å². The molecular formula is C17H16ClN3O3S. The van der Waals surface area contributed by atoms with Crippen molar-refractivity contribution in [2.75, 3.05) is 5.32 Å². The highest BCUT2D eigenvalue weighted by atomic mass is 35.5. The third kappa shape index (κ3) is 3.88. The monoisotopic (exact) mass is 377 g/mol. The van der Waals surface area contributed by atoms with Crippen molar-refractivity contribution in [3.8, 4) is 11.5 Å². The Hall–Kier alpha value is -2.25. The number of hydrogen-bond donors (Lipinski definition) is 1. The first kappa shape index (κ1) is 17.6. The van der Waals surface area contributed by atoms with Crippen molar-refractivity contribution in [3.05, 3.63) is 46.9 Å². The Labute approximate surface area is 154 Å². The molecule has 6 nitrogen and oxygen atoms in total. The number of furan rings is 1. The second kappa shape index (κ2) is 7.33. The number of benzene rings is 1. The maximum atomic E-state index is 12.4. The van der Waals surface area contributed by atoms with E-state index in [4.69, 9.17) is 20.4 Å². The van der Waals surface area contributed by atoms with Crippen molar-refractivity contribution < 1.29 is 13.6 Å². The molecule has 2 heterocycles. The summed E-state index contributed by atoms with van der Waals surface area (Å²) in [6, 6.07) is 7.14. The molecule has 0 radical (unpaired) electrons. The van der Waals surface area contributed by atoms with Crippen molar-refractivity contribution in [1.29, 1.82) is 0 Å². The molecule has 0 spiro atoms. The molecule has 3 rings (SSSR count). The van der Waals surface area contributed by atoms with E-state index in [0.717, 1.165) is 11.1 Å². The molecular weight excluding hydrogens is 362 g/mol. The van der Waals surface area contributed by atoms with Crippen LogP contribution < -0.4 is 5.32 Å². The van der Waals surface area contributed by atoms with Gasteiger partial charge in [0, 0.05) is 10.7 Å². The minimum Gasteiger partial charge on any atom is -0.469 e. The zero-order valence-corrected chi connectivity index (χ0v) is 15.4. The maximum absolute atomic E-state index is 12.4. The molecule has 0 aliphatic carbocycles. The summed E-state index contributed by atoms with van der Waals surface area (Å²) in [6.45, 7) is 5.44. The summed E-state index contributed by atoms with van der Waals surface area (Å²) in [4.78, 5) is 12.4. The number of halogens is 1. The summed E-state index contributed by atoms with van der Waals surface area (Å²) in [5.41, 5.74) is 2.25. The number of aryl methyl sites for hydroxylation is 1. The van der Waals surface area contributed by atoms with Crippen molar-refractivity contribution in [3.63, 3.8) is 0 Å². The predicted molar refractivity (Wildman–Crippen MR) is 96.9 cm³/mol. The molecule has 0 saturated carbocycles. The van der Waals surface area contributed by atoms with Crippen LogP contribution in [0.1, 0.15) is 18.2 Å². The molecule has 0 aliphatic heterocycles. The molecule has 0 unspecified atom stereocenters. The van der Waals surface area contributed by atoms with Gasteiger partial charge < -0.3 is 14.2 Å². The van der Waals surface area contributed by atoms with Gasteiger partial charge in [-0.05, 0) is 44.5 Å². The SMILES string of the molecule is Cc1occc1-c1nnc(S[C@@H](C)C(=O)Nc2cccc(Cl)c2C)o1. The van der Waals surface area contributed by atoms with Gasteiger partial charge in [0.2, 0.25) is 5.91 Å². The first-order chi connectivity index (χ1) is 12.0. The molecule has 130 valence electrons. The van der Waals surface area contributed by atoms with Crippen molar-refractivity contribution in [2.24, 2.45) is 0 Å². The molecule has 3 aromatic rings.